The fraction of sp³-hybridized carbons (Fsp3) is 0.667. The molecule has 1 atom stereocenters. The zero-order chi connectivity index (χ0) is 22.9. The van der Waals surface area contributed by atoms with Crippen LogP contribution in [0.25, 0.3) is 0 Å². The number of ether oxygens (including phenoxy) is 1. The molecule has 9 nitrogen and oxygen atoms in total. The SMILES string of the molecule is COc1ccc(C(=O)N2CCN(C3CCS(=O)(=O)C3)CC2)cc1S(=O)(=O)NC1CCCC1. The summed E-state index contributed by atoms with van der Waals surface area (Å²) < 4.78 is 57.5. The minimum atomic E-state index is -3.81. The molecule has 4 rings (SSSR count). The Labute approximate surface area is 190 Å². The molecular formula is C21H31N3O6S2. The number of rotatable bonds is 6. The molecule has 1 aromatic carbocycles. The van der Waals surface area contributed by atoms with E-state index in [9.17, 15) is 21.6 Å². The van der Waals surface area contributed by atoms with Crippen LogP contribution in [0.4, 0.5) is 0 Å². The van der Waals surface area contributed by atoms with Gasteiger partial charge in [-0.3, -0.25) is 9.69 Å². The minimum absolute atomic E-state index is 0.0208. The van der Waals surface area contributed by atoms with Gasteiger partial charge in [0.15, 0.2) is 9.84 Å². The molecule has 3 fully saturated rings. The molecule has 2 heterocycles. The van der Waals surface area contributed by atoms with Gasteiger partial charge in [0.05, 0.1) is 18.6 Å². The van der Waals surface area contributed by atoms with Crippen LogP contribution in [0.3, 0.4) is 0 Å². The third kappa shape index (κ3) is 5.11. The van der Waals surface area contributed by atoms with Crippen molar-refractivity contribution in [3.05, 3.63) is 23.8 Å². The van der Waals surface area contributed by atoms with Gasteiger partial charge in [-0.25, -0.2) is 21.6 Å². The number of carbonyl (C=O) groups excluding carboxylic acids is 1. The summed E-state index contributed by atoms with van der Waals surface area (Å²) in [4.78, 5) is 16.9. The van der Waals surface area contributed by atoms with Gasteiger partial charge in [0.1, 0.15) is 10.6 Å². The highest BCUT2D eigenvalue weighted by Crippen LogP contribution is 2.28. The minimum Gasteiger partial charge on any atom is -0.495 e. The van der Waals surface area contributed by atoms with E-state index in [1.807, 2.05) is 0 Å². The number of carbonyl (C=O) groups is 1. The van der Waals surface area contributed by atoms with Crippen molar-refractivity contribution >= 4 is 25.8 Å². The van der Waals surface area contributed by atoms with E-state index in [4.69, 9.17) is 4.74 Å². The Morgan fingerprint density at radius 3 is 2.38 bits per heavy atom. The summed E-state index contributed by atoms with van der Waals surface area (Å²) in [6.45, 7) is 2.17. The predicted molar refractivity (Wildman–Crippen MR) is 120 cm³/mol. The van der Waals surface area contributed by atoms with Crippen molar-refractivity contribution in [3.8, 4) is 5.75 Å². The Balaban J connectivity index is 1.45. The average Bonchev–Trinajstić information content (AvgIpc) is 3.41. The van der Waals surface area contributed by atoms with Crippen LogP contribution in [0.1, 0.15) is 42.5 Å². The molecule has 1 aliphatic carbocycles. The van der Waals surface area contributed by atoms with Gasteiger partial charge in [0, 0.05) is 43.8 Å². The van der Waals surface area contributed by atoms with E-state index in [0.717, 1.165) is 25.7 Å². The largest absolute Gasteiger partial charge is 0.495 e. The molecule has 11 heteroatoms. The monoisotopic (exact) mass is 485 g/mol. The molecule has 1 N–H and O–H groups in total. The van der Waals surface area contributed by atoms with E-state index >= 15 is 0 Å². The lowest BCUT2D eigenvalue weighted by molar-refractivity contribution is 0.0587. The number of nitrogens with zero attached hydrogens (tertiary/aromatic N) is 2. The lowest BCUT2D eigenvalue weighted by Crippen LogP contribution is -2.52. The van der Waals surface area contributed by atoms with E-state index < -0.39 is 19.9 Å². The first-order chi connectivity index (χ1) is 15.2. The highest BCUT2D eigenvalue weighted by molar-refractivity contribution is 7.91. The highest BCUT2D eigenvalue weighted by atomic mass is 32.2. The van der Waals surface area contributed by atoms with E-state index in [-0.39, 0.29) is 40.1 Å². The fourth-order valence-electron chi connectivity index (χ4n) is 4.88. The Morgan fingerprint density at radius 2 is 1.78 bits per heavy atom. The third-order valence-corrected chi connectivity index (χ3v) is 10.00. The molecule has 32 heavy (non-hydrogen) atoms. The van der Waals surface area contributed by atoms with Crippen molar-refractivity contribution in [1.82, 2.24) is 14.5 Å². The molecule has 0 radical (unpaired) electrons. The first-order valence-electron chi connectivity index (χ1n) is 11.1. The highest BCUT2D eigenvalue weighted by Gasteiger charge is 2.35. The molecule has 0 spiro atoms. The number of piperazine rings is 1. The van der Waals surface area contributed by atoms with Crippen LogP contribution in [0.5, 0.6) is 5.75 Å². The summed E-state index contributed by atoms with van der Waals surface area (Å²) in [5.74, 6) is 0.395. The summed E-state index contributed by atoms with van der Waals surface area (Å²) in [5.41, 5.74) is 0.300. The van der Waals surface area contributed by atoms with Crippen LogP contribution in [-0.4, -0.2) is 89.4 Å². The molecule has 3 aliphatic rings. The van der Waals surface area contributed by atoms with Gasteiger partial charge >= 0.3 is 0 Å². The van der Waals surface area contributed by atoms with Crippen LogP contribution in [0.15, 0.2) is 23.1 Å². The van der Waals surface area contributed by atoms with Gasteiger partial charge in [-0.05, 0) is 37.5 Å². The average molecular weight is 486 g/mol. The lowest BCUT2D eigenvalue weighted by Gasteiger charge is -2.37. The third-order valence-electron chi connectivity index (χ3n) is 6.70. The quantitative estimate of drug-likeness (QED) is 0.636. The van der Waals surface area contributed by atoms with Crippen molar-refractivity contribution in [2.24, 2.45) is 0 Å². The van der Waals surface area contributed by atoms with Crippen molar-refractivity contribution in [1.29, 1.82) is 0 Å². The number of hydrogen-bond acceptors (Lipinski definition) is 7. The second-order valence-electron chi connectivity index (χ2n) is 8.85. The summed E-state index contributed by atoms with van der Waals surface area (Å²) in [6, 6.07) is 4.45. The summed E-state index contributed by atoms with van der Waals surface area (Å²) >= 11 is 0. The number of hydrogen-bond donors (Lipinski definition) is 1. The molecule has 1 amide bonds. The molecule has 1 aromatic rings. The van der Waals surface area contributed by atoms with Gasteiger partial charge in [0.2, 0.25) is 10.0 Å². The molecule has 2 saturated heterocycles. The van der Waals surface area contributed by atoms with Gasteiger partial charge in [0.25, 0.3) is 5.91 Å². The van der Waals surface area contributed by atoms with Gasteiger partial charge < -0.3 is 9.64 Å². The van der Waals surface area contributed by atoms with Crippen LogP contribution in [-0.2, 0) is 19.9 Å². The van der Waals surface area contributed by atoms with Crippen LogP contribution >= 0.6 is 0 Å². The van der Waals surface area contributed by atoms with E-state index in [1.165, 1.54) is 19.2 Å². The number of sulfonamides is 1. The van der Waals surface area contributed by atoms with Gasteiger partial charge in [-0.1, -0.05) is 12.8 Å². The Bertz CT molecular complexity index is 1060. The Morgan fingerprint density at radius 1 is 1.09 bits per heavy atom. The van der Waals surface area contributed by atoms with Crippen molar-refractivity contribution in [3.63, 3.8) is 0 Å². The number of sulfone groups is 1. The second-order valence-corrected chi connectivity index (χ2v) is 12.8. The zero-order valence-electron chi connectivity index (χ0n) is 18.3. The molecule has 178 valence electrons. The maximum absolute atomic E-state index is 13.1. The van der Waals surface area contributed by atoms with E-state index in [2.05, 4.69) is 9.62 Å². The standard InChI is InChI=1S/C21H31N3O6S2/c1-30-19-7-6-16(14-20(19)32(28,29)22-17-4-2-3-5-17)21(25)24-11-9-23(10-12-24)18-8-13-31(26,27)15-18/h6-7,14,17-18,22H,2-5,8-13,15H2,1H3. The normalized spacial score (nSPS) is 24.7. The topological polar surface area (TPSA) is 113 Å². The molecule has 1 saturated carbocycles. The molecular weight excluding hydrogens is 454 g/mol. The van der Waals surface area contributed by atoms with Crippen LogP contribution in [0.2, 0.25) is 0 Å². The Kier molecular flexibility index (Phi) is 6.81. The van der Waals surface area contributed by atoms with E-state index in [1.54, 1.807) is 11.0 Å². The molecule has 2 aliphatic heterocycles. The van der Waals surface area contributed by atoms with Gasteiger partial charge in [-0.15, -0.1) is 0 Å². The molecule has 1 unspecified atom stereocenters. The van der Waals surface area contributed by atoms with Crippen molar-refractivity contribution < 1.29 is 26.4 Å². The maximum atomic E-state index is 13.1. The second kappa shape index (κ2) is 9.28. The number of nitrogens with one attached hydrogen (secondary N) is 1. The van der Waals surface area contributed by atoms with Crippen LogP contribution < -0.4 is 9.46 Å². The fourth-order valence-corrected chi connectivity index (χ4v) is 8.14. The number of methoxy groups -OCH3 is 1. The predicted octanol–water partition coefficient (Wildman–Crippen LogP) is 0.861. The van der Waals surface area contributed by atoms with Crippen molar-refractivity contribution in [2.75, 3.05) is 44.8 Å². The first kappa shape index (κ1) is 23.5. The van der Waals surface area contributed by atoms with E-state index in [0.29, 0.717) is 38.2 Å². The Hall–Kier alpha value is -1.69. The molecule has 0 bridgehead atoms. The first-order valence-corrected chi connectivity index (χ1v) is 14.4. The van der Waals surface area contributed by atoms with Crippen LogP contribution in [0, 0.1) is 0 Å². The maximum Gasteiger partial charge on any atom is 0.253 e. The lowest BCUT2D eigenvalue weighted by atomic mass is 10.1. The number of amides is 1. The number of benzene rings is 1. The summed E-state index contributed by atoms with van der Waals surface area (Å²) in [7, 11) is -5.35. The zero-order valence-corrected chi connectivity index (χ0v) is 20.0. The van der Waals surface area contributed by atoms with Crippen molar-refractivity contribution in [2.45, 2.75) is 49.1 Å². The van der Waals surface area contributed by atoms with Gasteiger partial charge in [-0.2, -0.15) is 0 Å². The summed E-state index contributed by atoms with van der Waals surface area (Å²) in [6.07, 6.45) is 4.27. The molecule has 0 aromatic heterocycles. The summed E-state index contributed by atoms with van der Waals surface area (Å²) in [5, 5.41) is 0. The smallest absolute Gasteiger partial charge is 0.253 e.